The quantitative estimate of drug-likeness (QED) is 0.892. The Kier molecular flexibility index (Phi) is 4.90. The number of amides is 1. The number of nitrogens with zero attached hydrogens (tertiary/aromatic N) is 2. The van der Waals surface area contributed by atoms with Gasteiger partial charge in [-0.3, -0.25) is 4.79 Å². The lowest BCUT2D eigenvalue weighted by Crippen LogP contribution is -2.41. The average molecular weight is 362 g/mol. The van der Waals surface area contributed by atoms with Crippen molar-refractivity contribution in [3.05, 3.63) is 22.8 Å². The highest BCUT2D eigenvalue weighted by atomic mass is 35.5. The van der Waals surface area contributed by atoms with Gasteiger partial charge >= 0.3 is 6.18 Å². The topological polar surface area (TPSA) is 45.2 Å². The minimum absolute atomic E-state index is 0.0125. The molecule has 0 atom stereocenters. The van der Waals surface area contributed by atoms with E-state index >= 15 is 0 Å². The van der Waals surface area contributed by atoms with Gasteiger partial charge in [0.2, 0.25) is 5.91 Å². The minimum atomic E-state index is -4.46. The molecule has 4 nitrogen and oxygen atoms in total. The van der Waals surface area contributed by atoms with Gasteiger partial charge in [-0.2, -0.15) is 13.2 Å². The van der Waals surface area contributed by atoms with E-state index in [1.807, 2.05) is 4.90 Å². The van der Waals surface area contributed by atoms with Crippen LogP contribution in [-0.2, 0) is 11.0 Å². The maximum atomic E-state index is 12.7. The van der Waals surface area contributed by atoms with Crippen molar-refractivity contribution in [2.45, 2.75) is 31.9 Å². The summed E-state index contributed by atoms with van der Waals surface area (Å²) in [5.41, 5.74) is -0.856. The third kappa shape index (κ3) is 4.12. The molecule has 0 spiro atoms. The Bertz CT molecular complexity index is 611. The van der Waals surface area contributed by atoms with Crippen LogP contribution in [0.25, 0.3) is 0 Å². The highest BCUT2D eigenvalue weighted by molar-refractivity contribution is 6.33. The van der Waals surface area contributed by atoms with E-state index in [-0.39, 0.29) is 16.8 Å². The van der Waals surface area contributed by atoms with Crippen molar-refractivity contribution in [1.29, 1.82) is 0 Å². The summed E-state index contributed by atoms with van der Waals surface area (Å²) in [5.74, 6) is 1.02. The van der Waals surface area contributed by atoms with Crippen molar-refractivity contribution < 1.29 is 18.0 Å². The number of anilines is 1. The van der Waals surface area contributed by atoms with Gasteiger partial charge in [0.25, 0.3) is 0 Å². The molecule has 132 valence electrons. The molecule has 0 bridgehead atoms. The van der Waals surface area contributed by atoms with Gasteiger partial charge in [0.1, 0.15) is 5.82 Å². The van der Waals surface area contributed by atoms with Gasteiger partial charge in [0.05, 0.1) is 10.6 Å². The predicted molar refractivity (Wildman–Crippen MR) is 84.9 cm³/mol. The van der Waals surface area contributed by atoms with Crippen LogP contribution in [0, 0.1) is 11.8 Å². The number of carbonyl (C=O) groups excluding carboxylic acids is 1. The summed E-state index contributed by atoms with van der Waals surface area (Å²) < 4.78 is 38.0. The Hall–Kier alpha value is -1.50. The van der Waals surface area contributed by atoms with Crippen LogP contribution < -0.4 is 10.2 Å². The first-order chi connectivity index (χ1) is 11.3. The van der Waals surface area contributed by atoms with E-state index in [0.717, 1.165) is 18.8 Å². The van der Waals surface area contributed by atoms with Crippen molar-refractivity contribution in [2.24, 2.45) is 11.8 Å². The number of carbonyl (C=O) groups is 1. The zero-order valence-electron chi connectivity index (χ0n) is 13.1. The van der Waals surface area contributed by atoms with E-state index in [1.54, 1.807) is 0 Å². The van der Waals surface area contributed by atoms with Gasteiger partial charge < -0.3 is 10.2 Å². The van der Waals surface area contributed by atoms with Crippen LogP contribution in [0.4, 0.5) is 19.0 Å². The fraction of sp³-hybridized carbons (Fsp3) is 0.625. The molecule has 1 N–H and O–H groups in total. The van der Waals surface area contributed by atoms with Crippen molar-refractivity contribution in [1.82, 2.24) is 10.3 Å². The number of piperidine rings is 1. The largest absolute Gasteiger partial charge is 0.417 e. The van der Waals surface area contributed by atoms with E-state index in [2.05, 4.69) is 10.3 Å². The van der Waals surface area contributed by atoms with Crippen LogP contribution in [0.5, 0.6) is 0 Å². The second-order valence-corrected chi connectivity index (χ2v) is 6.88. The van der Waals surface area contributed by atoms with Crippen LogP contribution in [0.15, 0.2) is 12.3 Å². The van der Waals surface area contributed by atoms with Crippen LogP contribution >= 0.6 is 11.6 Å². The molecule has 2 heterocycles. The van der Waals surface area contributed by atoms with Crippen molar-refractivity contribution in [2.75, 3.05) is 24.5 Å². The Morgan fingerprint density at radius 1 is 1.29 bits per heavy atom. The molecular weight excluding hydrogens is 343 g/mol. The van der Waals surface area contributed by atoms with Crippen LogP contribution in [0.3, 0.4) is 0 Å². The summed E-state index contributed by atoms with van der Waals surface area (Å²) in [6.07, 6.45) is 0.0240. The van der Waals surface area contributed by atoms with E-state index in [9.17, 15) is 18.0 Å². The first kappa shape index (κ1) is 17.3. The fourth-order valence-corrected chi connectivity index (χ4v) is 3.17. The van der Waals surface area contributed by atoms with Gasteiger partial charge in [-0.25, -0.2) is 4.98 Å². The normalized spacial score (nSPS) is 19.4. The van der Waals surface area contributed by atoms with Crippen LogP contribution in [0.2, 0.25) is 5.02 Å². The molecule has 0 aromatic carbocycles. The van der Waals surface area contributed by atoms with Crippen LogP contribution in [-0.4, -0.2) is 30.5 Å². The number of aromatic nitrogens is 1. The summed E-state index contributed by atoms with van der Waals surface area (Å²) in [4.78, 5) is 17.8. The third-order valence-corrected chi connectivity index (χ3v) is 4.85. The van der Waals surface area contributed by atoms with Gasteiger partial charge in [-0.15, -0.1) is 0 Å². The molecule has 2 aliphatic rings. The standard InChI is InChI=1S/C16H19ClF3N3O/c17-13-7-12(16(18,19)20)9-21-14(13)23-5-3-11(4-6-23)15(24)22-8-10-1-2-10/h7,9-11H,1-6,8H2,(H,22,24). The number of hydrogen-bond donors (Lipinski definition) is 1. The van der Waals surface area contributed by atoms with Gasteiger partial charge in [0, 0.05) is 31.7 Å². The number of alkyl halides is 3. The fourth-order valence-electron chi connectivity index (χ4n) is 2.88. The van der Waals surface area contributed by atoms with E-state index in [1.165, 1.54) is 12.8 Å². The number of nitrogens with one attached hydrogen (secondary N) is 1. The molecule has 1 aromatic rings. The Balaban J connectivity index is 1.57. The molecule has 0 radical (unpaired) electrons. The SMILES string of the molecule is O=C(NCC1CC1)C1CCN(c2ncc(C(F)(F)F)cc2Cl)CC1. The minimum Gasteiger partial charge on any atom is -0.356 e. The summed E-state index contributed by atoms with van der Waals surface area (Å²) in [5, 5.41) is 2.97. The lowest BCUT2D eigenvalue weighted by molar-refractivity contribution is -0.137. The third-order valence-electron chi connectivity index (χ3n) is 4.58. The number of halogens is 4. The maximum absolute atomic E-state index is 12.7. The molecule has 1 aromatic heterocycles. The predicted octanol–water partition coefficient (Wildman–Crippen LogP) is 3.50. The zero-order chi connectivity index (χ0) is 17.3. The molecule has 0 unspecified atom stereocenters. The average Bonchev–Trinajstić information content (AvgIpc) is 3.36. The van der Waals surface area contributed by atoms with E-state index < -0.39 is 11.7 Å². The first-order valence-corrected chi connectivity index (χ1v) is 8.48. The molecule has 1 aliphatic carbocycles. The molecule has 24 heavy (non-hydrogen) atoms. The number of rotatable bonds is 4. The maximum Gasteiger partial charge on any atom is 0.417 e. The molecule has 1 saturated heterocycles. The monoisotopic (exact) mass is 361 g/mol. The summed E-state index contributed by atoms with van der Waals surface area (Å²) in [6.45, 7) is 1.87. The smallest absolute Gasteiger partial charge is 0.356 e. The second kappa shape index (κ2) is 6.78. The number of hydrogen-bond acceptors (Lipinski definition) is 3. The van der Waals surface area contributed by atoms with Crippen LogP contribution in [0.1, 0.15) is 31.2 Å². The Labute approximate surface area is 143 Å². The van der Waals surface area contributed by atoms with Gasteiger partial charge in [-0.05, 0) is 37.7 Å². The molecule has 1 saturated carbocycles. The summed E-state index contributed by atoms with van der Waals surface area (Å²) in [6, 6.07) is 0.901. The molecule has 1 aliphatic heterocycles. The zero-order valence-corrected chi connectivity index (χ0v) is 13.8. The lowest BCUT2D eigenvalue weighted by Gasteiger charge is -2.32. The van der Waals surface area contributed by atoms with Gasteiger partial charge in [0.15, 0.2) is 0 Å². The first-order valence-electron chi connectivity index (χ1n) is 8.10. The molecule has 8 heteroatoms. The molecule has 3 rings (SSSR count). The van der Waals surface area contributed by atoms with Gasteiger partial charge in [-0.1, -0.05) is 11.6 Å². The Morgan fingerprint density at radius 3 is 2.50 bits per heavy atom. The van der Waals surface area contributed by atoms with Crippen molar-refractivity contribution in [3.8, 4) is 0 Å². The van der Waals surface area contributed by atoms with E-state index in [0.29, 0.717) is 37.7 Å². The highest BCUT2D eigenvalue weighted by Crippen LogP contribution is 2.34. The summed E-state index contributed by atoms with van der Waals surface area (Å²) in [7, 11) is 0. The molecule has 1 amide bonds. The van der Waals surface area contributed by atoms with Crippen molar-refractivity contribution >= 4 is 23.3 Å². The second-order valence-electron chi connectivity index (χ2n) is 6.48. The molecular formula is C16H19ClF3N3O. The highest BCUT2D eigenvalue weighted by Gasteiger charge is 2.33. The molecule has 2 fully saturated rings. The lowest BCUT2D eigenvalue weighted by atomic mass is 9.96. The number of pyridine rings is 1. The van der Waals surface area contributed by atoms with E-state index in [4.69, 9.17) is 11.6 Å². The summed E-state index contributed by atoms with van der Waals surface area (Å²) >= 11 is 5.98. The van der Waals surface area contributed by atoms with Crippen molar-refractivity contribution in [3.63, 3.8) is 0 Å². The Morgan fingerprint density at radius 2 is 1.96 bits per heavy atom.